The summed E-state index contributed by atoms with van der Waals surface area (Å²) in [5, 5.41) is 7.20. The molecule has 0 aliphatic heterocycles. The second-order valence-corrected chi connectivity index (χ2v) is 7.99. The third-order valence-electron chi connectivity index (χ3n) is 5.65. The van der Waals surface area contributed by atoms with Crippen molar-refractivity contribution in [2.75, 3.05) is 24.1 Å². The molecule has 2 atom stereocenters. The van der Waals surface area contributed by atoms with Crippen molar-refractivity contribution in [3.05, 3.63) is 102 Å². The summed E-state index contributed by atoms with van der Waals surface area (Å²) < 4.78 is 0. The van der Waals surface area contributed by atoms with Crippen molar-refractivity contribution in [2.24, 2.45) is 0 Å². The van der Waals surface area contributed by atoms with Crippen LogP contribution in [0.4, 0.5) is 11.5 Å². The van der Waals surface area contributed by atoms with E-state index in [9.17, 15) is 0 Å². The van der Waals surface area contributed by atoms with Gasteiger partial charge in [0.2, 0.25) is 0 Å². The first-order chi connectivity index (χ1) is 15.2. The predicted molar refractivity (Wildman–Crippen MR) is 132 cm³/mol. The Balaban J connectivity index is 1.58. The van der Waals surface area contributed by atoms with Gasteiger partial charge in [0.1, 0.15) is 5.82 Å². The van der Waals surface area contributed by atoms with Gasteiger partial charge in [-0.1, -0.05) is 67.6 Å². The Morgan fingerprint density at radius 1 is 1.00 bits per heavy atom. The molecule has 1 aromatic heterocycles. The number of benzene rings is 2. The highest BCUT2D eigenvalue weighted by Crippen LogP contribution is 2.21. The number of rotatable bonds is 12. The van der Waals surface area contributed by atoms with Gasteiger partial charge in [0.15, 0.2) is 0 Å². The fraction of sp³-hybridized carbons (Fsp3) is 0.296. The number of nitrogens with zero attached hydrogens (tertiary/aromatic N) is 1. The van der Waals surface area contributed by atoms with Crippen LogP contribution < -0.4 is 16.4 Å². The molecule has 0 saturated heterocycles. The second kappa shape index (κ2) is 11.9. The lowest BCUT2D eigenvalue weighted by atomic mass is 9.97. The maximum absolute atomic E-state index is 5.95. The molecule has 0 bridgehead atoms. The Bertz CT molecular complexity index is 921. The standard InChI is InChI=1S/C27H34N4/c1-3-4-9-22-13-15-23(16-14-22)21(2)20-31-25(24-10-6-5-7-11-24)17-19-29-26-12-8-18-30-27(26)28/h3,5-8,10-16,18,21,25,29,31H,1,4,9,17,19-20H2,2H3,(H2,28,30)/t21?,25-/m0/s1. The fourth-order valence-corrected chi connectivity index (χ4v) is 3.71. The maximum atomic E-state index is 5.95. The minimum absolute atomic E-state index is 0.265. The highest BCUT2D eigenvalue weighted by Gasteiger charge is 2.14. The lowest BCUT2D eigenvalue weighted by molar-refractivity contribution is 0.488. The number of aryl methyl sites for hydroxylation is 1. The molecule has 0 spiro atoms. The van der Waals surface area contributed by atoms with Gasteiger partial charge in [0.05, 0.1) is 5.69 Å². The number of nitrogens with two attached hydrogens (primary N) is 1. The number of nitrogens with one attached hydrogen (secondary N) is 2. The summed E-state index contributed by atoms with van der Waals surface area (Å²) in [6.45, 7) is 7.82. The van der Waals surface area contributed by atoms with E-state index < -0.39 is 0 Å². The fourth-order valence-electron chi connectivity index (χ4n) is 3.71. The predicted octanol–water partition coefficient (Wildman–Crippen LogP) is 5.72. The quantitative estimate of drug-likeness (QED) is 0.332. The van der Waals surface area contributed by atoms with Crippen molar-refractivity contribution in [1.29, 1.82) is 0 Å². The van der Waals surface area contributed by atoms with Crippen LogP contribution in [0.5, 0.6) is 0 Å². The summed E-state index contributed by atoms with van der Waals surface area (Å²) in [7, 11) is 0. The van der Waals surface area contributed by atoms with Crippen LogP contribution in [0.2, 0.25) is 0 Å². The molecule has 4 nitrogen and oxygen atoms in total. The molecular formula is C27H34N4. The minimum Gasteiger partial charge on any atom is -0.382 e. The number of hydrogen-bond acceptors (Lipinski definition) is 4. The molecule has 0 radical (unpaired) electrons. The first-order valence-electron chi connectivity index (χ1n) is 11.1. The average Bonchev–Trinajstić information content (AvgIpc) is 2.81. The molecule has 3 rings (SSSR count). The molecule has 0 aliphatic rings. The van der Waals surface area contributed by atoms with Crippen LogP contribution in [-0.2, 0) is 6.42 Å². The van der Waals surface area contributed by atoms with Gasteiger partial charge in [-0.3, -0.25) is 0 Å². The van der Waals surface area contributed by atoms with Crippen LogP contribution in [0, 0.1) is 0 Å². The van der Waals surface area contributed by atoms with Crippen molar-refractivity contribution in [1.82, 2.24) is 10.3 Å². The number of aromatic nitrogens is 1. The number of hydrogen-bond donors (Lipinski definition) is 3. The zero-order valence-electron chi connectivity index (χ0n) is 18.4. The van der Waals surface area contributed by atoms with Gasteiger partial charge >= 0.3 is 0 Å². The average molecular weight is 415 g/mol. The van der Waals surface area contributed by atoms with E-state index in [1.807, 2.05) is 18.2 Å². The van der Waals surface area contributed by atoms with E-state index in [0.29, 0.717) is 11.7 Å². The molecule has 0 aliphatic carbocycles. The van der Waals surface area contributed by atoms with Crippen LogP contribution in [-0.4, -0.2) is 18.1 Å². The first-order valence-corrected chi connectivity index (χ1v) is 11.1. The number of anilines is 2. The summed E-state index contributed by atoms with van der Waals surface area (Å²) in [4.78, 5) is 4.15. The largest absolute Gasteiger partial charge is 0.382 e. The molecule has 31 heavy (non-hydrogen) atoms. The van der Waals surface area contributed by atoms with Crippen LogP contribution in [0.3, 0.4) is 0 Å². The van der Waals surface area contributed by atoms with Crippen LogP contribution in [0.25, 0.3) is 0 Å². The maximum Gasteiger partial charge on any atom is 0.146 e. The summed E-state index contributed by atoms with van der Waals surface area (Å²) in [6, 6.07) is 23.8. The SMILES string of the molecule is C=CCCc1ccc(C(C)CN[C@@H](CCNc2cccnc2N)c2ccccc2)cc1. The van der Waals surface area contributed by atoms with E-state index in [1.165, 1.54) is 16.7 Å². The Morgan fingerprint density at radius 3 is 2.48 bits per heavy atom. The summed E-state index contributed by atoms with van der Waals surface area (Å²) in [6.07, 6.45) is 6.71. The van der Waals surface area contributed by atoms with Crippen molar-refractivity contribution < 1.29 is 0 Å². The van der Waals surface area contributed by atoms with E-state index in [-0.39, 0.29) is 6.04 Å². The first kappa shape index (κ1) is 22.6. The molecule has 1 heterocycles. The van der Waals surface area contributed by atoms with Gasteiger partial charge in [0, 0.05) is 25.3 Å². The molecule has 0 amide bonds. The second-order valence-electron chi connectivity index (χ2n) is 7.99. The van der Waals surface area contributed by atoms with Crippen LogP contribution in [0.1, 0.15) is 48.4 Å². The van der Waals surface area contributed by atoms with Crippen molar-refractivity contribution >= 4 is 11.5 Å². The lowest BCUT2D eigenvalue weighted by Gasteiger charge is -2.23. The Morgan fingerprint density at radius 2 is 1.77 bits per heavy atom. The molecule has 0 saturated carbocycles. The van der Waals surface area contributed by atoms with E-state index in [2.05, 4.69) is 83.7 Å². The highest BCUT2D eigenvalue weighted by atomic mass is 15.0. The number of nitrogen functional groups attached to an aromatic ring is 1. The van der Waals surface area contributed by atoms with Gasteiger partial charge in [-0.05, 0) is 54.0 Å². The van der Waals surface area contributed by atoms with E-state index in [1.54, 1.807) is 6.20 Å². The summed E-state index contributed by atoms with van der Waals surface area (Å²) >= 11 is 0. The Kier molecular flexibility index (Phi) is 8.68. The molecule has 2 aromatic carbocycles. The number of pyridine rings is 1. The normalized spacial score (nSPS) is 12.8. The Labute approximate surface area is 186 Å². The molecular weight excluding hydrogens is 380 g/mol. The van der Waals surface area contributed by atoms with E-state index >= 15 is 0 Å². The topological polar surface area (TPSA) is 63.0 Å². The molecule has 1 unspecified atom stereocenters. The van der Waals surface area contributed by atoms with Gasteiger partial charge in [0.25, 0.3) is 0 Å². The van der Waals surface area contributed by atoms with Crippen molar-refractivity contribution in [3.8, 4) is 0 Å². The molecule has 0 fully saturated rings. The van der Waals surface area contributed by atoms with Crippen LogP contribution >= 0.6 is 0 Å². The van der Waals surface area contributed by atoms with Crippen LogP contribution in [0.15, 0.2) is 85.6 Å². The molecule has 4 N–H and O–H groups in total. The van der Waals surface area contributed by atoms with Gasteiger partial charge in [-0.2, -0.15) is 0 Å². The zero-order valence-corrected chi connectivity index (χ0v) is 18.4. The molecule has 162 valence electrons. The lowest BCUT2D eigenvalue weighted by Crippen LogP contribution is -2.27. The minimum atomic E-state index is 0.265. The zero-order chi connectivity index (χ0) is 21.9. The molecule has 4 heteroatoms. The summed E-state index contributed by atoms with van der Waals surface area (Å²) in [5.74, 6) is 0.971. The number of allylic oxidation sites excluding steroid dienone is 1. The summed E-state index contributed by atoms with van der Waals surface area (Å²) in [5.41, 5.74) is 10.9. The van der Waals surface area contributed by atoms with Gasteiger partial charge < -0.3 is 16.4 Å². The van der Waals surface area contributed by atoms with E-state index in [4.69, 9.17) is 5.73 Å². The third-order valence-corrected chi connectivity index (χ3v) is 5.65. The smallest absolute Gasteiger partial charge is 0.146 e. The molecule has 3 aromatic rings. The van der Waals surface area contributed by atoms with Gasteiger partial charge in [-0.15, -0.1) is 6.58 Å². The van der Waals surface area contributed by atoms with Gasteiger partial charge in [-0.25, -0.2) is 4.98 Å². The Hall–Kier alpha value is -3.11. The third kappa shape index (κ3) is 6.97. The van der Waals surface area contributed by atoms with Crippen molar-refractivity contribution in [3.63, 3.8) is 0 Å². The van der Waals surface area contributed by atoms with Crippen molar-refractivity contribution in [2.45, 2.75) is 38.1 Å². The van der Waals surface area contributed by atoms with E-state index in [0.717, 1.165) is 38.0 Å². The highest BCUT2D eigenvalue weighted by molar-refractivity contribution is 5.60. The monoisotopic (exact) mass is 414 g/mol.